The maximum Gasteiger partial charge on any atom is 0.328 e. The van der Waals surface area contributed by atoms with Gasteiger partial charge in [0.25, 0.3) is 5.91 Å². The monoisotopic (exact) mass is 366 g/mol. The molecule has 134 valence electrons. The van der Waals surface area contributed by atoms with Gasteiger partial charge in [-0.05, 0) is 24.3 Å². The van der Waals surface area contributed by atoms with E-state index in [1.165, 1.54) is 30.3 Å². The fourth-order valence-corrected chi connectivity index (χ4v) is 2.63. The van der Waals surface area contributed by atoms with Crippen molar-refractivity contribution in [2.24, 2.45) is 0 Å². The molecule has 9 heteroatoms. The van der Waals surface area contributed by atoms with Crippen LogP contribution in [-0.2, 0) is 19.6 Å². The van der Waals surface area contributed by atoms with E-state index in [2.05, 4.69) is 22.5 Å². The number of carbonyl (C=O) groups is 2. The number of aliphatic carboxylic acids is 1. The summed E-state index contributed by atoms with van der Waals surface area (Å²) in [5.74, 6) is 0.223. The molecule has 0 aliphatic carbocycles. The van der Waals surface area contributed by atoms with Crippen molar-refractivity contribution >= 4 is 21.9 Å². The molecule has 0 bridgehead atoms. The van der Waals surface area contributed by atoms with Gasteiger partial charge in [0.1, 0.15) is 0 Å². The molecule has 25 heavy (non-hydrogen) atoms. The fourth-order valence-electron chi connectivity index (χ4n) is 1.69. The third-order valence-electron chi connectivity index (χ3n) is 2.91. The van der Waals surface area contributed by atoms with E-state index in [1.54, 1.807) is 0 Å². The van der Waals surface area contributed by atoms with E-state index >= 15 is 0 Å². The average molecular weight is 366 g/mol. The predicted molar refractivity (Wildman–Crippen MR) is 90.4 cm³/mol. The van der Waals surface area contributed by atoms with Gasteiger partial charge in [0.05, 0.1) is 24.7 Å². The molecule has 8 nitrogen and oxygen atoms in total. The number of hydrogen-bond acceptors (Lipinski definition) is 5. The first-order valence-electron chi connectivity index (χ1n) is 7.07. The van der Waals surface area contributed by atoms with Gasteiger partial charge in [-0.2, -0.15) is 4.72 Å². The Morgan fingerprint density at radius 3 is 2.52 bits per heavy atom. The first-order chi connectivity index (χ1) is 11.8. The molecule has 1 amide bonds. The van der Waals surface area contributed by atoms with Gasteiger partial charge in [-0.15, -0.1) is 13.0 Å². The molecule has 1 aromatic rings. The summed E-state index contributed by atoms with van der Waals surface area (Å²) in [5, 5.41) is 11.4. The van der Waals surface area contributed by atoms with E-state index in [4.69, 9.17) is 16.3 Å². The number of benzene rings is 1. The van der Waals surface area contributed by atoms with Crippen LogP contribution in [0.2, 0.25) is 0 Å². The van der Waals surface area contributed by atoms with Gasteiger partial charge in [0.2, 0.25) is 10.0 Å². The van der Waals surface area contributed by atoms with E-state index in [0.29, 0.717) is 0 Å². The second-order valence-electron chi connectivity index (χ2n) is 4.74. The second kappa shape index (κ2) is 9.58. The van der Waals surface area contributed by atoms with Crippen molar-refractivity contribution in [3.8, 4) is 12.3 Å². The minimum Gasteiger partial charge on any atom is -0.480 e. The topological polar surface area (TPSA) is 122 Å². The summed E-state index contributed by atoms with van der Waals surface area (Å²) in [6.45, 7) is 3.20. The SMILES string of the molecule is C#CCNS(=O)(=O)c1ccc(C(=O)NC(COCC=C)C(=O)O)cc1. The number of terminal acetylenes is 1. The van der Waals surface area contributed by atoms with Gasteiger partial charge < -0.3 is 15.2 Å². The van der Waals surface area contributed by atoms with Crippen LogP contribution in [0.15, 0.2) is 41.8 Å². The quantitative estimate of drug-likeness (QED) is 0.304. The molecule has 0 heterocycles. The smallest absolute Gasteiger partial charge is 0.328 e. The Balaban J connectivity index is 2.80. The average Bonchev–Trinajstić information content (AvgIpc) is 2.59. The predicted octanol–water partition coefficient (Wildman–Crippen LogP) is -0.0163. The van der Waals surface area contributed by atoms with Crippen molar-refractivity contribution in [2.45, 2.75) is 10.9 Å². The third-order valence-corrected chi connectivity index (χ3v) is 4.33. The van der Waals surface area contributed by atoms with Crippen LogP contribution < -0.4 is 10.0 Å². The highest BCUT2D eigenvalue weighted by Gasteiger charge is 2.21. The molecular formula is C16H18N2O6S. The number of nitrogens with one attached hydrogen (secondary N) is 2. The molecule has 1 aromatic carbocycles. The molecule has 1 atom stereocenters. The molecule has 1 rings (SSSR count). The van der Waals surface area contributed by atoms with Gasteiger partial charge in [-0.1, -0.05) is 12.0 Å². The van der Waals surface area contributed by atoms with Crippen LogP contribution in [0.5, 0.6) is 0 Å². The van der Waals surface area contributed by atoms with Crippen molar-refractivity contribution < 1.29 is 27.9 Å². The second-order valence-corrected chi connectivity index (χ2v) is 6.51. The molecule has 0 aliphatic heterocycles. The number of rotatable bonds is 10. The molecule has 1 unspecified atom stereocenters. The standard InChI is InChI=1S/C16H18N2O6S/c1-3-9-17-25(22,23)13-7-5-12(6-8-13)15(19)18-14(16(20)21)11-24-10-4-2/h1,4-8,14,17H,2,9-11H2,(H,18,19)(H,20,21). The van der Waals surface area contributed by atoms with Crippen molar-refractivity contribution in [1.29, 1.82) is 0 Å². The lowest BCUT2D eigenvalue weighted by Gasteiger charge is -2.14. The van der Waals surface area contributed by atoms with Gasteiger partial charge in [-0.25, -0.2) is 13.2 Å². The summed E-state index contributed by atoms with van der Waals surface area (Å²) >= 11 is 0. The van der Waals surface area contributed by atoms with Crippen LogP contribution in [0.25, 0.3) is 0 Å². The van der Waals surface area contributed by atoms with Crippen molar-refractivity contribution in [3.63, 3.8) is 0 Å². The number of hydrogen-bond donors (Lipinski definition) is 3. The number of sulfonamides is 1. The summed E-state index contributed by atoms with van der Waals surface area (Å²) in [7, 11) is -3.76. The van der Waals surface area contributed by atoms with Crippen molar-refractivity contribution in [3.05, 3.63) is 42.5 Å². The Morgan fingerprint density at radius 2 is 2.00 bits per heavy atom. The zero-order valence-corrected chi connectivity index (χ0v) is 14.1. The Morgan fingerprint density at radius 1 is 1.36 bits per heavy atom. The molecule has 0 fully saturated rings. The zero-order valence-electron chi connectivity index (χ0n) is 13.3. The molecular weight excluding hydrogens is 348 g/mol. The van der Waals surface area contributed by atoms with E-state index in [9.17, 15) is 18.0 Å². The summed E-state index contributed by atoms with van der Waals surface area (Å²) in [6.07, 6.45) is 6.45. The highest BCUT2D eigenvalue weighted by atomic mass is 32.2. The van der Waals surface area contributed by atoms with E-state index in [-0.39, 0.29) is 30.2 Å². The van der Waals surface area contributed by atoms with Crippen LogP contribution in [0.4, 0.5) is 0 Å². The largest absolute Gasteiger partial charge is 0.480 e. The Bertz CT molecular complexity index is 765. The first-order valence-corrected chi connectivity index (χ1v) is 8.55. The number of carboxylic acids is 1. The Labute approximate surface area is 145 Å². The summed E-state index contributed by atoms with van der Waals surface area (Å²) < 4.78 is 31.0. The number of carbonyl (C=O) groups excluding carboxylic acids is 1. The van der Waals surface area contributed by atoms with E-state index in [0.717, 1.165) is 0 Å². The zero-order chi connectivity index (χ0) is 18.9. The summed E-state index contributed by atoms with van der Waals surface area (Å²) in [5.41, 5.74) is 0.103. The lowest BCUT2D eigenvalue weighted by molar-refractivity contribution is -0.140. The maximum atomic E-state index is 12.1. The van der Waals surface area contributed by atoms with E-state index < -0.39 is 27.9 Å². The minimum absolute atomic E-state index is 0.0663. The molecule has 0 saturated heterocycles. The van der Waals surface area contributed by atoms with Gasteiger partial charge >= 0.3 is 5.97 Å². The van der Waals surface area contributed by atoms with Crippen LogP contribution in [0.3, 0.4) is 0 Å². The molecule has 0 saturated carbocycles. The maximum absolute atomic E-state index is 12.1. The summed E-state index contributed by atoms with van der Waals surface area (Å²) in [6, 6.07) is 3.73. The minimum atomic E-state index is -3.76. The van der Waals surface area contributed by atoms with Crippen LogP contribution >= 0.6 is 0 Å². The van der Waals surface area contributed by atoms with E-state index in [1.807, 2.05) is 0 Å². The van der Waals surface area contributed by atoms with Crippen LogP contribution in [-0.4, -0.2) is 51.2 Å². The Kier molecular flexibility index (Phi) is 7.81. The first kappa shape index (κ1) is 20.4. The molecule has 0 spiro atoms. The third kappa shape index (κ3) is 6.39. The summed E-state index contributed by atoms with van der Waals surface area (Å²) in [4.78, 5) is 23.1. The van der Waals surface area contributed by atoms with Crippen LogP contribution in [0.1, 0.15) is 10.4 Å². The molecule has 3 N–H and O–H groups in total. The van der Waals surface area contributed by atoms with Gasteiger partial charge in [0, 0.05) is 5.56 Å². The van der Waals surface area contributed by atoms with Crippen molar-refractivity contribution in [1.82, 2.24) is 10.0 Å². The number of carboxylic acid groups (broad SMARTS) is 1. The fraction of sp³-hybridized carbons (Fsp3) is 0.250. The normalized spacial score (nSPS) is 12.0. The number of ether oxygens (including phenoxy) is 1. The number of amides is 1. The highest BCUT2D eigenvalue weighted by molar-refractivity contribution is 7.89. The van der Waals surface area contributed by atoms with Gasteiger partial charge in [0.15, 0.2) is 6.04 Å². The van der Waals surface area contributed by atoms with Crippen LogP contribution in [0, 0.1) is 12.3 Å². The molecule has 0 radical (unpaired) electrons. The van der Waals surface area contributed by atoms with Crippen molar-refractivity contribution in [2.75, 3.05) is 19.8 Å². The molecule has 0 aromatic heterocycles. The van der Waals surface area contributed by atoms with Gasteiger partial charge in [-0.3, -0.25) is 4.79 Å². The lowest BCUT2D eigenvalue weighted by Crippen LogP contribution is -2.44. The highest BCUT2D eigenvalue weighted by Crippen LogP contribution is 2.10. The Hall–Kier alpha value is -2.67. The molecule has 0 aliphatic rings. The lowest BCUT2D eigenvalue weighted by atomic mass is 10.2.